The van der Waals surface area contributed by atoms with Gasteiger partial charge in [-0.1, -0.05) is 35.5 Å². The van der Waals surface area contributed by atoms with Gasteiger partial charge in [-0.05, 0) is 66.6 Å². The van der Waals surface area contributed by atoms with Gasteiger partial charge in [-0.3, -0.25) is 14.5 Å². The van der Waals surface area contributed by atoms with Gasteiger partial charge >= 0.3 is 0 Å². The van der Waals surface area contributed by atoms with Crippen molar-refractivity contribution in [2.75, 3.05) is 26.1 Å². The van der Waals surface area contributed by atoms with Crippen LogP contribution in [0.5, 0.6) is 11.5 Å². The molecule has 1 aliphatic rings. The molecule has 0 unspecified atom stereocenters. The van der Waals surface area contributed by atoms with Crippen molar-refractivity contribution in [1.82, 2.24) is 4.90 Å². The predicted octanol–water partition coefficient (Wildman–Crippen LogP) is 5.70. The molecule has 37 heavy (non-hydrogen) atoms. The van der Waals surface area contributed by atoms with Crippen LogP contribution in [-0.2, 0) is 16.0 Å². The van der Waals surface area contributed by atoms with Gasteiger partial charge in [0.15, 0.2) is 16.7 Å². The van der Waals surface area contributed by atoms with Crippen LogP contribution < -0.4 is 14.8 Å². The first-order chi connectivity index (χ1) is 17.9. The van der Waals surface area contributed by atoms with Crippen molar-refractivity contribution in [2.45, 2.75) is 18.1 Å². The van der Waals surface area contributed by atoms with Crippen LogP contribution in [0.3, 0.4) is 0 Å². The lowest BCUT2D eigenvalue weighted by atomic mass is 10.1. The van der Waals surface area contributed by atoms with Gasteiger partial charge in [0.2, 0.25) is 11.8 Å². The first kappa shape index (κ1) is 26.5. The normalized spacial score (nSPS) is 16.5. The quantitative estimate of drug-likeness (QED) is 0.396. The lowest BCUT2D eigenvalue weighted by Gasteiger charge is -2.32. The average Bonchev–Trinajstić information content (AvgIpc) is 2.89. The average molecular weight is 542 g/mol. The minimum absolute atomic E-state index is 0.00179. The maximum Gasteiger partial charge on any atom is 0.238 e. The van der Waals surface area contributed by atoms with Gasteiger partial charge in [-0.25, -0.2) is 9.38 Å². The van der Waals surface area contributed by atoms with Gasteiger partial charge in [0.25, 0.3) is 0 Å². The maximum absolute atomic E-state index is 13.3. The molecule has 7 nitrogen and oxygen atoms in total. The minimum atomic E-state index is -0.701. The summed E-state index contributed by atoms with van der Waals surface area (Å²) in [6.45, 7) is 0.354. The van der Waals surface area contributed by atoms with Crippen LogP contribution in [0.25, 0.3) is 0 Å². The van der Waals surface area contributed by atoms with Gasteiger partial charge in [0.05, 0.1) is 19.9 Å². The van der Waals surface area contributed by atoms with Gasteiger partial charge in [-0.15, -0.1) is 0 Å². The van der Waals surface area contributed by atoms with Crippen molar-refractivity contribution in [3.05, 3.63) is 83.1 Å². The van der Waals surface area contributed by atoms with E-state index >= 15 is 0 Å². The number of carbonyl (C=O) groups is 2. The van der Waals surface area contributed by atoms with E-state index in [4.69, 9.17) is 21.1 Å². The van der Waals surface area contributed by atoms with E-state index < -0.39 is 11.1 Å². The van der Waals surface area contributed by atoms with Crippen LogP contribution in [0.4, 0.5) is 15.8 Å². The molecule has 0 saturated carbocycles. The van der Waals surface area contributed by atoms with Gasteiger partial charge in [-0.2, -0.15) is 0 Å². The van der Waals surface area contributed by atoms with Gasteiger partial charge in [0, 0.05) is 23.7 Å². The van der Waals surface area contributed by atoms with Crippen molar-refractivity contribution in [2.24, 2.45) is 4.99 Å². The number of thioether (sulfide) groups is 1. The number of amides is 2. The zero-order valence-corrected chi connectivity index (χ0v) is 21.8. The molecule has 3 aromatic rings. The van der Waals surface area contributed by atoms with Crippen molar-refractivity contribution in [1.29, 1.82) is 0 Å². The van der Waals surface area contributed by atoms with E-state index in [1.165, 1.54) is 36.0 Å². The summed E-state index contributed by atoms with van der Waals surface area (Å²) in [6.07, 6.45) is 0.534. The number of amidine groups is 1. The molecular weight excluding hydrogens is 517 g/mol. The highest BCUT2D eigenvalue weighted by Gasteiger charge is 2.36. The summed E-state index contributed by atoms with van der Waals surface area (Å²) in [5.74, 6) is 0.239. The number of aliphatic imine (C=N–C) groups is 1. The molecule has 2 amide bonds. The SMILES string of the molecule is COc1ccc(CCN2C(=O)C[C@@H](C(=O)Nc3ccc(F)cc3)SC2=Nc2cccc(Cl)c2)cc1OC. The minimum Gasteiger partial charge on any atom is -0.493 e. The fraction of sp³-hybridized carbons (Fsp3) is 0.222. The number of benzene rings is 3. The molecule has 1 aliphatic heterocycles. The molecule has 192 valence electrons. The van der Waals surface area contributed by atoms with Crippen LogP contribution in [0.2, 0.25) is 5.02 Å². The number of halogens is 2. The standard InChI is InChI=1S/C27H25ClFN3O4S/c1-35-22-11-6-17(14-23(22)36-2)12-13-32-25(33)16-24(26(34)30-20-9-7-19(29)8-10-20)37-27(32)31-21-5-3-4-18(28)15-21/h3-11,14-15,24H,12-13,16H2,1-2H3,(H,30,34)/t24-/m0/s1. The van der Waals surface area contributed by atoms with Crippen molar-refractivity contribution >= 4 is 51.7 Å². The second-order valence-electron chi connectivity index (χ2n) is 8.17. The summed E-state index contributed by atoms with van der Waals surface area (Å²) < 4.78 is 23.9. The Hall–Kier alpha value is -3.56. The highest BCUT2D eigenvalue weighted by atomic mass is 35.5. The Kier molecular flexibility index (Phi) is 8.68. The first-order valence-electron chi connectivity index (χ1n) is 11.4. The zero-order chi connectivity index (χ0) is 26.4. The van der Waals surface area contributed by atoms with Crippen LogP contribution in [0.1, 0.15) is 12.0 Å². The molecule has 1 heterocycles. The lowest BCUT2D eigenvalue weighted by molar-refractivity contribution is -0.129. The second-order valence-corrected chi connectivity index (χ2v) is 9.77. The fourth-order valence-corrected chi connectivity index (χ4v) is 5.06. The Balaban J connectivity index is 1.55. The Labute approximate surface area is 223 Å². The summed E-state index contributed by atoms with van der Waals surface area (Å²) >= 11 is 7.34. The van der Waals surface area contributed by atoms with Gasteiger partial charge < -0.3 is 14.8 Å². The number of nitrogens with one attached hydrogen (secondary N) is 1. The van der Waals surface area contributed by atoms with Crippen molar-refractivity contribution < 1.29 is 23.5 Å². The van der Waals surface area contributed by atoms with E-state index in [1.54, 1.807) is 43.4 Å². The third kappa shape index (κ3) is 6.81. The molecule has 3 aromatic carbocycles. The number of nitrogens with zero attached hydrogens (tertiary/aromatic N) is 2. The number of anilines is 1. The third-order valence-corrected chi connectivity index (χ3v) is 7.07. The van der Waals surface area contributed by atoms with Crippen LogP contribution in [0.15, 0.2) is 71.7 Å². The van der Waals surface area contributed by atoms with E-state index in [0.717, 1.165) is 5.56 Å². The Morgan fingerprint density at radius 1 is 1.11 bits per heavy atom. The number of ether oxygens (including phenoxy) is 2. The Morgan fingerprint density at radius 3 is 2.57 bits per heavy atom. The number of hydrogen-bond acceptors (Lipinski definition) is 6. The van der Waals surface area contributed by atoms with E-state index in [2.05, 4.69) is 10.3 Å². The third-order valence-electron chi connectivity index (χ3n) is 5.65. The molecular formula is C27H25ClFN3O4S. The molecule has 0 spiro atoms. The summed E-state index contributed by atoms with van der Waals surface area (Å²) in [6, 6.07) is 18.0. The fourth-order valence-electron chi connectivity index (χ4n) is 3.75. The molecule has 1 atom stereocenters. The molecule has 1 N–H and O–H groups in total. The highest BCUT2D eigenvalue weighted by Crippen LogP contribution is 2.32. The number of hydrogen-bond donors (Lipinski definition) is 1. The summed E-state index contributed by atoms with van der Waals surface area (Å²) in [5, 5.41) is 2.96. The summed E-state index contributed by atoms with van der Waals surface area (Å²) in [7, 11) is 3.14. The maximum atomic E-state index is 13.3. The molecule has 0 aliphatic carbocycles. The Bertz CT molecular complexity index is 1320. The Morgan fingerprint density at radius 2 is 1.86 bits per heavy atom. The molecule has 0 aromatic heterocycles. The molecule has 1 fully saturated rings. The van der Waals surface area contributed by atoms with Crippen molar-refractivity contribution in [3.63, 3.8) is 0 Å². The first-order valence-corrected chi connectivity index (χ1v) is 12.7. The van der Waals surface area contributed by atoms with Gasteiger partial charge in [0.1, 0.15) is 11.1 Å². The van der Waals surface area contributed by atoms with E-state index in [1.807, 2.05) is 18.2 Å². The number of carbonyl (C=O) groups excluding carboxylic acids is 2. The van der Waals surface area contributed by atoms with Crippen LogP contribution >= 0.6 is 23.4 Å². The predicted molar refractivity (Wildman–Crippen MR) is 145 cm³/mol. The number of rotatable bonds is 8. The second kappa shape index (κ2) is 12.1. The molecule has 0 bridgehead atoms. The summed E-state index contributed by atoms with van der Waals surface area (Å²) in [5.41, 5.74) is 1.97. The van der Waals surface area contributed by atoms with Crippen molar-refractivity contribution in [3.8, 4) is 11.5 Å². The largest absolute Gasteiger partial charge is 0.493 e. The molecule has 4 rings (SSSR count). The van der Waals surface area contributed by atoms with Crippen LogP contribution in [-0.4, -0.2) is 47.9 Å². The molecule has 0 radical (unpaired) electrons. The van der Waals surface area contributed by atoms with E-state index in [9.17, 15) is 14.0 Å². The smallest absolute Gasteiger partial charge is 0.238 e. The zero-order valence-electron chi connectivity index (χ0n) is 20.2. The van der Waals surface area contributed by atoms with Crippen LogP contribution in [0, 0.1) is 5.82 Å². The van der Waals surface area contributed by atoms with E-state index in [0.29, 0.717) is 46.0 Å². The lowest BCUT2D eigenvalue weighted by Crippen LogP contribution is -2.46. The molecule has 10 heteroatoms. The van der Waals surface area contributed by atoms with E-state index in [-0.39, 0.29) is 18.2 Å². The number of methoxy groups -OCH3 is 2. The summed E-state index contributed by atoms with van der Waals surface area (Å²) in [4.78, 5) is 32.5. The highest BCUT2D eigenvalue weighted by molar-refractivity contribution is 8.15. The molecule has 1 saturated heterocycles. The topological polar surface area (TPSA) is 80.2 Å². The monoisotopic (exact) mass is 541 g/mol.